The second kappa shape index (κ2) is 11.4. The van der Waals surface area contributed by atoms with Gasteiger partial charge in [0.05, 0.1) is 25.4 Å². The van der Waals surface area contributed by atoms with E-state index in [0.29, 0.717) is 19.3 Å². The summed E-state index contributed by atoms with van der Waals surface area (Å²) < 4.78 is 12.4. The first kappa shape index (κ1) is 24.7. The summed E-state index contributed by atoms with van der Waals surface area (Å²) in [5.41, 5.74) is 3.73. The van der Waals surface area contributed by atoms with Gasteiger partial charge in [0.25, 0.3) is 0 Å². The van der Waals surface area contributed by atoms with Crippen LogP contribution in [0.4, 0.5) is 0 Å². The molecule has 0 fully saturated rings. The van der Waals surface area contributed by atoms with Crippen molar-refractivity contribution in [3.05, 3.63) is 84.4 Å². The molecule has 2 nitrogen and oxygen atoms in total. The van der Waals surface area contributed by atoms with Crippen LogP contribution < -0.4 is 0 Å². The molecule has 5 aromatic carbocycles. The van der Waals surface area contributed by atoms with E-state index in [-0.39, 0.29) is 6.10 Å². The van der Waals surface area contributed by atoms with Gasteiger partial charge in [-0.15, -0.1) is 0 Å². The molecule has 1 unspecified atom stereocenters. The van der Waals surface area contributed by atoms with Gasteiger partial charge in [-0.1, -0.05) is 112 Å². The third kappa shape index (κ3) is 5.26. The van der Waals surface area contributed by atoms with Crippen molar-refractivity contribution in [2.45, 2.75) is 71.7 Å². The summed E-state index contributed by atoms with van der Waals surface area (Å²) in [4.78, 5) is 0. The van der Waals surface area contributed by atoms with Crippen molar-refractivity contribution in [1.29, 1.82) is 0 Å². The molecule has 2 heteroatoms. The molecule has 0 aliphatic rings. The molecular formula is C34H38O2. The minimum absolute atomic E-state index is 0.179. The Kier molecular flexibility index (Phi) is 7.84. The third-order valence-corrected chi connectivity index (χ3v) is 7.37. The quantitative estimate of drug-likeness (QED) is 0.166. The minimum Gasteiger partial charge on any atom is -0.374 e. The lowest BCUT2D eigenvalue weighted by Crippen LogP contribution is -2.24. The van der Waals surface area contributed by atoms with E-state index in [4.69, 9.17) is 9.47 Å². The van der Waals surface area contributed by atoms with Gasteiger partial charge >= 0.3 is 0 Å². The Bertz CT molecular complexity index is 1390. The lowest BCUT2D eigenvalue weighted by molar-refractivity contribution is -0.0607. The average Bonchev–Trinajstić information content (AvgIpc) is 2.91. The molecule has 5 rings (SSSR count). The Hall–Kier alpha value is -2.94. The van der Waals surface area contributed by atoms with Crippen molar-refractivity contribution in [2.24, 2.45) is 0 Å². The maximum absolute atomic E-state index is 6.27. The number of unbranched alkanes of at least 4 members (excludes halogenated alkanes) is 1. The highest BCUT2D eigenvalue weighted by Crippen LogP contribution is 2.39. The first-order valence-corrected chi connectivity index (χ1v) is 13.7. The van der Waals surface area contributed by atoms with Gasteiger partial charge in [-0.2, -0.15) is 0 Å². The largest absolute Gasteiger partial charge is 0.374 e. The van der Waals surface area contributed by atoms with Gasteiger partial charge in [-0.3, -0.25) is 0 Å². The van der Waals surface area contributed by atoms with E-state index in [2.05, 4.69) is 99.6 Å². The standard InChI is InChI=1S/C34H38O2/c1-4-6-9-24(3)36-30(8-5-2)23-35-22-25-12-14-26(15-13-25)31-20-18-29-17-16-27-10-7-11-28-19-21-32(31)34(29)33(27)28/h7,10-21,24,30H,4-6,8-9,22-23H2,1-3H3/t24?,30-/m1/s1. The van der Waals surface area contributed by atoms with Crippen molar-refractivity contribution in [1.82, 2.24) is 0 Å². The molecule has 186 valence electrons. The zero-order chi connectivity index (χ0) is 24.9. The second-order valence-electron chi connectivity index (χ2n) is 10.2. The first-order chi connectivity index (χ1) is 17.7. The number of benzene rings is 5. The van der Waals surface area contributed by atoms with E-state index in [0.717, 1.165) is 19.3 Å². The Balaban J connectivity index is 1.30. The Morgan fingerprint density at radius 3 is 2.11 bits per heavy atom. The number of hydrogen-bond acceptors (Lipinski definition) is 2. The van der Waals surface area contributed by atoms with E-state index >= 15 is 0 Å². The van der Waals surface area contributed by atoms with Gasteiger partial charge in [0.2, 0.25) is 0 Å². The fraction of sp³-hybridized carbons (Fsp3) is 0.353. The number of hydrogen-bond donors (Lipinski definition) is 0. The zero-order valence-electron chi connectivity index (χ0n) is 21.9. The van der Waals surface area contributed by atoms with Crippen molar-refractivity contribution in [3.63, 3.8) is 0 Å². The van der Waals surface area contributed by atoms with E-state index in [9.17, 15) is 0 Å². The van der Waals surface area contributed by atoms with E-state index < -0.39 is 0 Å². The smallest absolute Gasteiger partial charge is 0.0812 e. The van der Waals surface area contributed by atoms with Gasteiger partial charge in [0.1, 0.15) is 0 Å². The molecule has 0 aliphatic heterocycles. The van der Waals surface area contributed by atoms with Crippen molar-refractivity contribution in [3.8, 4) is 11.1 Å². The van der Waals surface area contributed by atoms with Gasteiger partial charge in [-0.25, -0.2) is 0 Å². The number of ether oxygens (including phenoxy) is 2. The Labute approximate surface area is 215 Å². The highest BCUT2D eigenvalue weighted by molar-refractivity contribution is 6.25. The zero-order valence-corrected chi connectivity index (χ0v) is 21.9. The van der Waals surface area contributed by atoms with Crippen LogP contribution in [0.15, 0.2) is 78.9 Å². The van der Waals surface area contributed by atoms with Gasteiger partial charge < -0.3 is 9.47 Å². The molecule has 0 amide bonds. The summed E-state index contributed by atoms with van der Waals surface area (Å²) >= 11 is 0. The maximum Gasteiger partial charge on any atom is 0.0812 e. The monoisotopic (exact) mass is 478 g/mol. The second-order valence-corrected chi connectivity index (χ2v) is 10.2. The van der Waals surface area contributed by atoms with Crippen LogP contribution in [0.25, 0.3) is 43.4 Å². The van der Waals surface area contributed by atoms with Gasteiger partial charge in [0.15, 0.2) is 0 Å². The topological polar surface area (TPSA) is 18.5 Å². The third-order valence-electron chi connectivity index (χ3n) is 7.37. The molecule has 0 radical (unpaired) electrons. The van der Waals surface area contributed by atoms with Crippen LogP contribution in [0.1, 0.15) is 58.4 Å². The molecule has 0 saturated heterocycles. The molecule has 0 heterocycles. The van der Waals surface area contributed by atoms with Crippen LogP contribution >= 0.6 is 0 Å². The normalized spacial score (nSPS) is 13.6. The predicted octanol–water partition coefficient (Wildman–Crippen LogP) is 9.53. The summed E-state index contributed by atoms with van der Waals surface area (Å²) in [6.45, 7) is 7.90. The van der Waals surface area contributed by atoms with Gasteiger partial charge in [0, 0.05) is 0 Å². The van der Waals surface area contributed by atoms with Crippen LogP contribution in [-0.4, -0.2) is 18.8 Å². The highest BCUT2D eigenvalue weighted by atomic mass is 16.5. The predicted molar refractivity (Wildman–Crippen MR) is 154 cm³/mol. The van der Waals surface area contributed by atoms with E-state index in [1.807, 2.05) is 0 Å². The molecule has 0 aliphatic carbocycles. The fourth-order valence-corrected chi connectivity index (χ4v) is 5.48. The summed E-state index contributed by atoms with van der Waals surface area (Å²) in [7, 11) is 0. The lowest BCUT2D eigenvalue weighted by atomic mass is 9.90. The van der Waals surface area contributed by atoms with Crippen LogP contribution in [0.2, 0.25) is 0 Å². The minimum atomic E-state index is 0.179. The molecule has 5 aromatic rings. The van der Waals surface area contributed by atoms with Crippen molar-refractivity contribution < 1.29 is 9.47 Å². The molecular weight excluding hydrogens is 440 g/mol. The van der Waals surface area contributed by atoms with Gasteiger partial charge in [-0.05, 0) is 68.8 Å². The van der Waals surface area contributed by atoms with Crippen molar-refractivity contribution >= 4 is 32.3 Å². The molecule has 0 spiro atoms. The molecule has 0 bridgehead atoms. The van der Waals surface area contributed by atoms with E-state index in [1.165, 1.54) is 61.8 Å². The first-order valence-electron chi connectivity index (χ1n) is 13.7. The highest BCUT2D eigenvalue weighted by Gasteiger charge is 2.14. The maximum atomic E-state index is 6.27. The lowest BCUT2D eigenvalue weighted by Gasteiger charge is -2.22. The Morgan fingerprint density at radius 1 is 0.694 bits per heavy atom. The molecule has 0 N–H and O–H groups in total. The summed E-state index contributed by atoms with van der Waals surface area (Å²) in [6.07, 6.45) is 6.20. The Morgan fingerprint density at radius 2 is 1.39 bits per heavy atom. The summed E-state index contributed by atoms with van der Waals surface area (Å²) in [6, 6.07) is 29.0. The molecule has 2 atom stereocenters. The molecule has 36 heavy (non-hydrogen) atoms. The molecule has 0 saturated carbocycles. The fourth-order valence-electron chi connectivity index (χ4n) is 5.48. The van der Waals surface area contributed by atoms with Crippen LogP contribution in [0, 0.1) is 0 Å². The molecule has 0 aromatic heterocycles. The van der Waals surface area contributed by atoms with Crippen LogP contribution in [0.5, 0.6) is 0 Å². The van der Waals surface area contributed by atoms with E-state index in [1.54, 1.807) is 0 Å². The summed E-state index contributed by atoms with van der Waals surface area (Å²) in [5, 5.41) is 7.96. The van der Waals surface area contributed by atoms with Crippen LogP contribution in [-0.2, 0) is 16.1 Å². The number of rotatable bonds is 12. The summed E-state index contributed by atoms with van der Waals surface area (Å²) in [5.74, 6) is 0. The van der Waals surface area contributed by atoms with Crippen molar-refractivity contribution in [2.75, 3.05) is 6.61 Å². The SMILES string of the molecule is CCCCC(C)O[C@H](CCC)COCc1ccc(-c2ccc3ccc4cccc5ccc2c3c45)cc1. The van der Waals surface area contributed by atoms with Crippen LogP contribution in [0.3, 0.4) is 0 Å². The average molecular weight is 479 g/mol.